The summed E-state index contributed by atoms with van der Waals surface area (Å²) in [5.74, 6) is 0. The summed E-state index contributed by atoms with van der Waals surface area (Å²) in [6.45, 7) is 1.94. The summed E-state index contributed by atoms with van der Waals surface area (Å²) in [7, 11) is 0. The maximum Gasteiger partial charge on any atom is 0.386 e. The maximum absolute atomic E-state index is 8.39. The molecule has 0 heterocycles. The minimum Gasteiger partial charge on any atom is -0.0505 e. The molecule has 1 aromatic carbocycles. The Kier molecular flexibility index (Phi) is 2.03. The second-order valence-electron chi connectivity index (χ2n) is 2.09. The van der Waals surface area contributed by atoms with Gasteiger partial charge < -0.3 is 0 Å². The van der Waals surface area contributed by atoms with Gasteiger partial charge in [0.2, 0.25) is 5.39 Å². The lowest BCUT2D eigenvalue weighted by molar-refractivity contribution is 1.42. The molecule has 1 aromatic rings. The highest BCUT2D eigenvalue weighted by molar-refractivity contribution is 9.10. The van der Waals surface area contributed by atoms with Crippen molar-refractivity contribution in [3.63, 3.8) is 0 Å². The van der Waals surface area contributed by atoms with Crippen molar-refractivity contribution < 1.29 is 0 Å². The first-order valence-corrected chi connectivity index (χ1v) is 3.64. The highest BCUT2D eigenvalue weighted by atomic mass is 79.9. The molecule has 0 unspecified atom stereocenters. The Bertz CT molecular complexity index is 268. The van der Waals surface area contributed by atoms with Crippen LogP contribution in [0, 0.1) is 12.3 Å². The Balaban J connectivity index is 3.22. The van der Waals surface area contributed by atoms with Crippen LogP contribution in [0.4, 0.5) is 5.69 Å². The fourth-order valence-corrected chi connectivity index (χ4v) is 1.37. The zero-order chi connectivity index (χ0) is 7.56. The molecular formula is C7H6BrN2+. The van der Waals surface area contributed by atoms with Gasteiger partial charge in [0.15, 0.2) is 4.98 Å². The zero-order valence-electron chi connectivity index (χ0n) is 5.50. The van der Waals surface area contributed by atoms with E-state index in [4.69, 9.17) is 5.39 Å². The summed E-state index contributed by atoms with van der Waals surface area (Å²) in [5.41, 5.74) is 1.65. The number of benzene rings is 1. The molecule has 2 nitrogen and oxygen atoms in total. The van der Waals surface area contributed by atoms with Crippen molar-refractivity contribution in [2.45, 2.75) is 6.92 Å². The van der Waals surface area contributed by atoms with Crippen LogP contribution in [0.5, 0.6) is 0 Å². The van der Waals surface area contributed by atoms with E-state index in [-0.39, 0.29) is 0 Å². The lowest BCUT2D eigenvalue weighted by atomic mass is 10.2. The standard InChI is InChI=1S/C7H6BrN2/c1-5-2-6(8)4-7(3-5)10-9/h2-4H,1H3/q+1. The van der Waals surface area contributed by atoms with E-state index < -0.39 is 0 Å². The number of aryl methyl sites for hydroxylation is 1. The highest BCUT2D eigenvalue weighted by Gasteiger charge is 2.04. The summed E-state index contributed by atoms with van der Waals surface area (Å²) in [6.07, 6.45) is 0. The fraction of sp³-hybridized carbons (Fsp3) is 0.143. The molecule has 0 fully saturated rings. The van der Waals surface area contributed by atoms with Gasteiger partial charge in [-0.2, -0.15) is 0 Å². The SMILES string of the molecule is Cc1cc(Br)cc([N+]#N)c1. The van der Waals surface area contributed by atoms with Gasteiger partial charge in [-0.3, -0.25) is 0 Å². The van der Waals surface area contributed by atoms with Crippen molar-refractivity contribution in [1.82, 2.24) is 0 Å². The molecule has 0 radical (unpaired) electrons. The largest absolute Gasteiger partial charge is 0.386 e. The third kappa shape index (κ3) is 1.55. The lowest BCUT2D eigenvalue weighted by Gasteiger charge is -1.87. The highest BCUT2D eigenvalue weighted by Crippen LogP contribution is 2.20. The van der Waals surface area contributed by atoms with Crippen molar-refractivity contribution in [3.05, 3.63) is 33.2 Å². The Morgan fingerprint density at radius 2 is 2.10 bits per heavy atom. The van der Waals surface area contributed by atoms with Crippen LogP contribution in [0.25, 0.3) is 4.98 Å². The molecule has 0 aliphatic heterocycles. The molecule has 0 bridgehead atoms. The molecule has 1 rings (SSSR count). The summed E-state index contributed by atoms with van der Waals surface area (Å²) in [4.78, 5) is 3.06. The minimum absolute atomic E-state index is 0.576. The number of hydrogen-bond donors (Lipinski definition) is 0. The molecule has 10 heavy (non-hydrogen) atoms. The smallest absolute Gasteiger partial charge is 0.0505 e. The van der Waals surface area contributed by atoms with Gasteiger partial charge in [0, 0.05) is 16.6 Å². The van der Waals surface area contributed by atoms with Gasteiger partial charge >= 0.3 is 5.69 Å². The molecule has 0 amide bonds. The van der Waals surface area contributed by atoms with E-state index in [1.165, 1.54) is 0 Å². The normalized spacial score (nSPS) is 8.90. The van der Waals surface area contributed by atoms with Gasteiger partial charge in [-0.25, -0.2) is 0 Å². The van der Waals surface area contributed by atoms with Gasteiger partial charge in [0.1, 0.15) is 0 Å². The van der Waals surface area contributed by atoms with Crippen LogP contribution >= 0.6 is 15.9 Å². The average molecular weight is 198 g/mol. The van der Waals surface area contributed by atoms with Crippen LogP contribution in [0.15, 0.2) is 22.7 Å². The van der Waals surface area contributed by atoms with Crippen molar-refractivity contribution in [1.29, 1.82) is 5.39 Å². The average Bonchev–Trinajstić information content (AvgIpc) is 1.85. The summed E-state index contributed by atoms with van der Waals surface area (Å²) in [5, 5.41) is 8.39. The lowest BCUT2D eigenvalue weighted by Crippen LogP contribution is -1.69. The van der Waals surface area contributed by atoms with Crippen LogP contribution in [-0.2, 0) is 0 Å². The molecule has 0 N–H and O–H groups in total. The van der Waals surface area contributed by atoms with Crippen molar-refractivity contribution in [2.24, 2.45) is 0 Å². The fourth-order valence-electron chi connectivity index (χ4n) is 0.775. The van der Waals surface area contributed by atoms with Crippen LogP contribution in [0.2, 0.25) is 0 Å². The van der Waals surface area contributed by atoms with Crippen molar-refractivity contribution in [2.75, 3.05) is 0 Å². The first-order valence-electron chi connectivity index (χ1n) is 2.84. The molecule has 0 spiro atoms. The second kappa shape index (κ2) is 2.80. The van der Waals surface area contributed by atoms with E-state index in [0.29, 0.717) is 5.69 Å². The molecule has 0 atom stereocenters. The number of halogens is 1. The van der Waals surface area contributed by atoms with E-state index >= 15 is 0 Å². The van der Waals surface area contributed by atoms with Crippen LogP contribution in [-0.4, -0.2) is 0 Å². The first-order chi connectivity index (χ1) is 4.72. The molecule has 0 saturated heterocycles. The summed E-state index contributed by atoms with van der Waals surface area (Å²) >= 11 is 3.28. The second-order valence-corrected chi connectivity index (χ2v) is 3.00. The molecule has 3 heteroatoms. The molecule has 0 saturated carbocycles. The van der Waals surface area contributed by atoms with Crippen molar-refractivity contribution >= 4 is 21.6 Å². The predicted octanol–water partition coefficient (Wildman–Crippen LogP) is 3.24. The van der Waals surface area contributed by atoms with E-state index in [2.05, 4.69) is 20.9 Å². The minimum atomic E-state index is 0.576. The number of diazo groups is 1. The third-order valence-electron chi connectivity index (χ3n) is 1.14. The van der Waals surface area contributed by atoms with Gasteiger partial charge in [0.25, 0.3) is 0 Å². The monoisotopic (exact) mass is 197 g/mol. The van der Waals surface area contributed by atoms with Crippen LogP contribution in [0.1, 0.15) is 5.56 Å². The Hall–Kier alpha value is -0.880. The molecule has 0 aromatic heterocycles. The molecule has 0 aliphatic carbocycles. The number of nitrogens with zero attached hydrogens (tertiary/aromatic N) is 2. The quantitative estimate of drug-likeness (QED) is 0.588. The van der Waals surface area contributed by atoms with Gasteiger partial charge in [0.05, 0.1) is 0 Å². The summed E-state index contributed by atoms with van der Waals surface area (Å²) in [6, 6.07) is 5.49. The number of rotatable bonds is 0. The van der Waals surface area contributed by atoms with Gasteiger partial charge in [-0.05, 0) is 18.6 Å². The van der Waals surface area contributed by atoms with E-state index in [1.807, 2.05) is 13.0 Å². The topological polar surface area (TPSA) is 28.1 Å². The predicted molar refractivity (Wildman–Crippen MR) is 43.6 cm³/mol. The van der Waals surface area contributed by atoms with Crippen LogP contribution < -0.4 is 0 Å². The van der Waals surface area contributed by atoms with E-state index in [1.54, 1.807) is 12.1 Å². The zero-order valence-corrected chi connectivity index (χ0v) is 7.09. The van der Waals surface area contributed by atoms with Gasteiger partial charge in [-0.15, -0.1) is 0 Å². The first kappa shape index (κ1) is 7.23. The maximum atomic E-state index is 8.39. The molecule has 50 valence electrons. The Labute approximate surface area is 67.6 Å². The molecular weight excluding hydrogens is 192 g/mol. The van der Waals surface area contributed by atoms with Crippen molar-refractivity contribution in [3.8, 4) is 0 Å². The third-order valence-corrected chi connectivity index (χ3v) is 1.60. The van der Waals surface area contributed by atoms with Crippen LogP contribution in [0.3, 0.4) is 0 Å². The van der Waals surface area contributed by atoms with E-state index in [0.717, 1.165) is 10.0 Å². The number of hydrogen-bond acceptors (Lipinski definition) is 1. The Morgan fingerprint density at radius 3 is 2.60 bits per heavy atom. The van der Waals surface area contributed by atoms with E-state index in [9.17, 15) is 0 Å². The van der Waals surface area contributed by atoms with Gasteiger partial charge in [-0.1, -0.05) is 15.9 Å². The Morgan fingerprint density at radius 1 is 1.40 bits per heavy atom. The summed E-state index contributed by atoms with van der Waals surface area (Å²) < 4.78 is 0.931. The molecule has 0 aliphatic rings.